The summed E-state index contributed by atoms with van der Waals surface area (Å²) < 4.78 is 13.7. The van der Waals surface area contributed by atoms with E-state index in [1.807, 2.05) is 31.2 Å². The molecular weight excluding hydrogens is 255 g/mol. The summed E-state index contributed by atoms with van der Waals surface area (Å²) in [6.07, 6.45) is 3.30. The third-order valence-electron chi connectivity index (χ3n) is 3.02. The van der Waals surface area contributed by atoms with Crippen molar-refractivity contribution in [2.75, 3.05) is 5.32 Å². The maximum Gasteiger partial charge on any atom is 0.146 e. The summed E-state index contributed by atoms with van der Waals surface area (Å²) in [6, 6.07) is 10.1. The lowest BCUT2D eigenvalue weighted by Crippen LogP contribution is -2.11. The quantitative estimate of drug-likeness (QED) is 0.791. The average molecular weight is 268 g/mol. The largest absolute Gasteiger partial charge is 0.362 e. The summed E-state index contributed by atoms with van der Waals surface area (Å²) in [4.78, 5) is 12.7. The number of hydrogen-bond donors (Lipinski definition) is 1. The molecule has 0 radical (unpaired) electrons. The molecule has 1 unspecified atom stereocenters. The second-order valence-electron chi connectivity index (χ2n) is 4.47. The molecule has 3 heterocycles. The summed E-state index contributed by atoms with van der Waals surface area (Å²) in [5, 5.41) is 3.15. The fraction of sp³-hybridized carbons (Fsp3) is 0.133. The molecule has 0 bridgehead atoms. The number of hydrogen-bond acceptors (Lipinski definition) is 4. The van der Waals surface area contributed by atoms with Gasteiger partial charge in [0.1, 0.15) is 11.6 Å². The Hall–Kier alpha value is -2.56. The van der Waals surface area contributed by atoms with Gasteiger partial charge in [-0.2, -0.15) is 0 Å². The van der Waals surface area contributed by atoms with E-state index in [1.54, 1.807) is 18.5 Å². The van der Waals surface area contributed by atoms with E-state index in [9.17, 15) is 4.39 Å². The summed E-state index contributed by atoms with van der Waals surface area (Å²) in [5.74, 6) is 0.345. The van der Waals surface area contributed by atoms with Crippen LogP contribution < -0.4 is 5.32 Å². The Morgan fingerprint density at radius 3 is 2.65 bits per heavy atom. The van der Waals surface area contributed by atoms with Crippen molar-refractivity contribution in [3.63, 3.8) is 0 Å². The Balaban J connectivity index is 1.87. The predicted octanol–water partition coefficient (Wildman–Crippen LogP) is 3.34. The molecule has 100 valence electrons. The van der Waals surface area contributed by atoms with Gasteiger partial charge in [0.15, 0.2) is 0 Å². The number of nitrogens with one attached hydrogen (secondary N) is 1. The lowest BCUT2D eigenvalue weighted by atomic mass is 10.2. The fourth-order valence-electron chi connectivity index (χ4n) is 2.04. The van der Waals surface area contributed by atoms with Gasteiger partial charge >= 0.3 is 0 Å². The third-order valence-corrected chi connectivity index (χ3v) is 3.02. The van der Waals surface area contributed by atoms with E-state index in [4.69, 9.17) is 0 Å². The maximum atomic E-state index is 13.7. The first-order chi connectivity index (χ1) is 9.74. The number of halogens is 1. The number of anilines is 1. The van der Waals surface area contributed by atoms with Crippen LogP contribution in [-0.4, -0.2) is 15.0 Å². The van der Waals surface area contributed by atoms with Crippen LogP contribution in [0, 0.1) is 5.82 Å². The van der Waals surface area contributed by atoms with E-state index in [2.05, 4.69) is 20.3 Å². The Bertz CT molecular complexity index is 745. The molecule has 5 heteroatoms. The first-order valence-electron chi connectivity index (χ1n) is 6.33. The molecule has 0 aliphatic rings. The number of nitrogens with zero attached hydrogens (tertiary/aromatic N) is 3. The minimum absolute atomic E-state index is 0.266. The van der Waals surface area contributed by atoms with Gasteiger partial charge in [-0.05, 0) is 43.3 Å². The molecule has 0 spiro atoms. The second kappa shape index (κ2) is 5.21. The molecule has 3 aromatic rings. The van der Waals surface area contributed by atoms with E-state index < -0.39 is 0 Å². The van der Waals surface area contributed by atoms with Gasteiger partial charge in [-0.15, -0.1) is 0 Å². The van der Waals surface area contributed by atoms with Gasteiger partial charge in [0.05, 0.1) is 22.8 Å². The van der Waals surface area contributed by atoms with Gasteiger partial charge in [0, 0.05) is 12.4 Å². The van der Waals surface area contributed by atoms with Crippen LogP contribution >= 0.6 is 0 Å². The highest BCUT2D eigenvalue weighted by Crippen LogP contribution is 2.20. The van der Waals surface area contributed by atoms with Gasteiger partial charge in [0.2, 0.25) is 0 Å². The summed E-state index contributed by atoms with van der Waals surface area (Å²) in [5.41, 5.74) is 2.00. The number of pyridine rings is 3. The molecule has 0 aromatic carbocycles. The molecule has 0 fully saturated rings. The molecular formula is C15H13FN4. The van der Waals surface area contributed by atoms with Crippen molar-refractivity contribution >= 4 is 16.9 Å². The molecule has 4 nitrogen and oxygen atoms in total. The zero-order valence-electron chi connectivity index (χ0n) is 10.9. The van der Waals surface area contributed by atoms with Gasteiger partial charge in [0.25, 0.3) is 0 Å². The van der Waals surface area contributed by atoms with Crippen LogP contribution in [0.1, 0.15) is 18.7 Å². The van der Waals surface area contributed by atoms with Crippen molar-refractivity contribution in [1.82, 2.24) is 15.0 Å². The van der Waals surface area contributed by atoms with Gasteiger partial charge < -0.3 is 5.32 Å². The minimum atomic E-state index is -0.324. The van der Waals surface area contributed by atoms with Crippen LogP contribution in [0.2, 0.25) is 0 Å². The Morgan fingerprint density at radius 2 is 1.80 bits per heavy atom. The van der Waals surface area contributed by atoms with Gasteiger partial charge in [-0.25, -0.2) is 9.37 Å². The van der Waals surface area contributed by atoms with Crippen molar-refractivity contribution in [1.29, 1.82) is 0 Å². The van der Waals surface area contributed by atoms with E-state index in [-0.39, 0.29) is 11.9 Å². The minimum Gasteiger partial charge on any atom is -0.362 e. The van der Waals surface area contributed by atoms with Crippen LogP contribution in [0.25, 0.3) is 11.0 Å². The zero-order chi connectivity index (χ0) is 13.9. The van der Waals surface area contributed by atoms with Crippen molar-refractivity contribution in [2.24, 2.45) is 0 Å². The summed E-state index contributed by atoms with van der Waals surface area (Å²) in [6.45, 7) is 1.85. The average Bonchev–Trinajstić information content (AvgIpc) is 2.47. The highest BCUT2D eigenvalue weighted by atomic mass is 19.1. The summed E-state index contributed by atoms with van der Waals surface area (Å²) >= 11 is 0. The predicted molar refractivity (Wildman–Crippen MR) is 75.8 cm³/mol. The first-order valence-corrected chi connectivity index (χ1v) is 6.33. The van der Waals surface area contributed by atoms with Crippen LogP contribution in [0.15, 0.2) is 48.8 Å². The van der Waals surface area contributed by atoms with Gasteiger partial charge in [-0.1, -0.05) is 0 Å². The van der Waals surface area contributed by atoms with E-state index in [1.165, 1.54) is 6.07 Å². The lowest BCUT2D eigenvalue weighted by molar-refractivity contribution is 0.587. The molecule has 1 N–H and O–H groups in total. The topological polar surface area (TPSA) is 50.7 Å². The van der Waals surface area contributed by atoms with Crippen LogP contribution in [0.3, 0.4) is 0 Å². The number of aromatic nitrogens is 3. The molecule has 3 rings (SSSR count). The normalized spacial score (nSPS) is 12.3. The number of fused-ring (bicyclic) bond motifs is 1. The smallest absolute Gasteiger partial charge is 0.146 e. The number of rotatable bonds is 3. The third kappa shape index (κ3) is 2.42. The highest BCUT2D eigenvalue weighted by molar-refractivity contribution is 5.75. The maximum absolute atomic E-state index is 13.7. The van der Waals surface area contributed by atoms with Crippen molar-refractivity contribution in [2.45, 2.75) is 13.0 Å². The van der Waals surface area contributed by atoms with Crippen molar-refractivity contribution < 1.29 is 4.39 Å². The van der Waals surface area contributed by atoms with E-state index >= 15 is 0 Å². The van der Waals surface area contributed by atoms with Crippen LogP contribution in [0.5, 0.6) is 0 Å². The Labute approximate surface area is 115 Å². The molecule has 0 amide bonds. The van der Waals surface area contributed by atoms with Crippen LogP contribution in [-0.2, 0) is 0 Å². The Morgan fingerprint density at radius 1 is 1.00 bits per heavy atom. The fourth-order valence-corrected chi connectivity index (χ4v) is 2.04. The molecule has 0 aliphatic carbocycles. The molecule has 20 heavy (non-hydrogen) atoms. The molecule has 0 aliphatic heterocycles. The molecule has 1 atom stereocenters. The molecule has 0 saturated carbocycles. The van der Waals surface area contributed by atoms with Crippen molar-refractivity contribution in [3.8, 4) is 0 Å². The van der Waals surface area contributed by atoms with E-state index in [0.717, 1.165) is 11.0 Å². The van der Waals surface area contributed by atoms with Crippen molar-refractivity contribution in [3.05, 3.63) is 60.3 Å². The SMILES string of the molecule is CC(Nc1ccc2ncccc2n1)c1ncccc1F. The van der Waals surface area contributed by atoms with Crippen LogP contribution in [0.4, 0.5) is 10.2 Å². The van der Waals surface area contributed by atoms with E-state index in [0.29, 0.717) is 11.5 Å². The standard InChI is InChI=1S/C15H13FN4/c1-10(15-11(16)4-2-9-18-15)19-14-7-6-12-13(20-14)5-3-8-17-12/h2-10H,1H3,(H,19,20). The second-order valence-corrected chi connectivity index (χ2v) is 4.47. The zero-order valence-corrected chi connectivity index (χ0v) is 10.9. The molecule has 0 saturated heterocycles. The highest BCUT2D eigenvalue weighted by Gasteiger charge is 2.12. The Kier molecular flexibility index (Phi) is 3.25. The summed E-state index contributed by atoms with van der Waals surface area (Å²) in [7, 11) is 0. The van der Waals surface area contributed by atoms with Gasteiger partial charge in [-0.3, -0.25) is 9.97 Å². The molecule has 3 aromatic heterocycles. The monoisotopic (exact) mass is 268 g/mol. The lowest BCUT2D eigenvalue weighted by Gasteiger charge is -2.14. The first kappa shape index (κ1) is 12.5.